The Morgan fingerprint density at radius 1 is 0.973 bits per heavy atom. The van der Waals surface area contributed by atoms with Crippen molar-refractivity contribution in [2.24, 2.45) is 0 Å². The monoisotopic (exact) mass is 484 g/mol. The molecular weight excluding hydrogens is 456 g/mol. The fourth-order valence-electron chi connectivity index (χ4n) is 4.81. The van der Waals surface area contributed by atoms with Crippen molar-refractivity contribution in [3.63, 3.8) is 0 Å². The van der Waals surface area contributed by atoms with E-state index in [9.17, 15) is 10.1 Å². The number of hydrogen-bond donors (Lipinski definition) is 2. The zero-order valence-corrected chi connectivity index (χ0v) is 21.0. The van der Waals surface area contributed by atoms with Crippen LogP contribution in [0.15, 0.2) is 96.7 Å². The van der Waals surface area contributed by atoms with Gasteiger partial charge < -0.3 is 14.9 Å². The number of carbonyl (C=O) groups excluding carboxylic acids is 1. The Morgan fingerprint density at radius 3 is 2.43 bits per heavy atom. The van der Waals surface area contributed by atoms with E-state index in [1.54, 1.807) is 6.08 Å². The van der Waals surface area contributed by atoms with Gasteiger partial charge in [0.2, 0.25) is 0 Å². The van der Waals surface area contributed by atoms with Crippen molar-refractivity contribution in [2.45, 2.75) is 20.3 Å². The number of benzene rings is 3. The maximum Gasteiger partial charge on any atom is 0.261 e. The van der Waals surface area contributed by atoms with Crippen LogP contribution in [-0.2, 0) is 11.2 Å². The highest BCUT2D eigenvalue weighted by molar-refractivity contribution is 6.01. The smallest absolute Gasteiger partial charge is 0.261 e. The van der Waals surface area contributed by atoms with Gasteiger partial charge in [0, 0.05) is 40.7 Å². The summed E-state index contributed by atoms with van der Waals surface area (Å²) in [5, 5.41) is 13.8. The molecule has 0 saturated carbocycles. The van der Waals surface area contributed by atoms with Crippen LogP contribution in [0.1, 0.15) is 22.5 Å². The SMILES string of the molecule is Cc1cc(/C=C(\C#N)C(=O)NCCc2c[nH]c3ccccc23)c(C)n1-c1ccc(-c2ccccc2)cc1. The number of aromatic amines is 1. The molecule has 182 valence electrons. The number of aromatic nitrogens is 2. The fraction of sp³-hybridized carbons (Fsp3) is 0.125. The maximum absolute atomic E-state index is 12.8. The van der Waals surface area contributed by atoms with Crippen LogP contribution in [0, 0.1) is 25.2 Å². The first kappa shape index (κ1) is 23.9. The average Bonchev–Trinajstić information content (AvgIpc) is 3.47. The van der Waals surface area contributed by atoms with Gasteiger partial charge in [-0.3, -0.25) is 4.79 Å². The van der Waals surface area contributed by atoms with E-state index in [0.29, 0.717) is 13.0 Å². The lowest BCUT2D eigenvalue weighted by molar-refractivity contribution is -0.117. The summed E-state index contributed by atoms with van der Waals surface area (Å²) in [6, 6.07) is 30.9. The predicted octanol–water partition coefficient (Wildman–Crippen LogP) is 6.51. The topological polar surface area (TPSA) is 73.6 Å². The first-order valence-corrected chi connectivity index (χ1v) is 12.3. The average molecular weight is 485 g/mol. The molecule has 0 fully saturated rings. The van der Waals surface area contributed by atoms with Gasteiger partial charge in [0.15, 0.2) is 0 Å². The molecule has 0 atom stereocenters. The van der Waals surface area contributed by atoms with Gasteiger partial charge in [-0.25, -0.2) is 0 Å². The Hall–Kier alpha value is -4.82. The van der Waals surface area contributed by atoms with Crippen molar-refractivity contribution >= 4 is 22.9 Å². The van der Waals surface area contributed by atoms with E-state index >= 15 is 0 Å². The molecule has 37 heavy (non-hydrogen) atoms. The number of amides is 1. The van der Waals surface area contributed by atoms with Gasteiger partial charge in [0.05, 0.1) is 0 Å². The van der Waals surface area contributed by atoms with Crippen molar-refractivity contribution in [3.05, 3.63) is 119 Å². The van der Waals surface area contributed by atoms with Gasteiger partial charge in [-0.15, -0.1) is 0 Å². The van der Waals surface area contributed by atoms with Crippen LogP contribution in [0.4, 0.5) is 0 Å². The fourth-order valence-corrected chi connectivity index (χ4v) is 4.81. The second-order valence-corrected chi connectivity index (χ2v) is 9.11. The summed E-state index contributed by atoms with van der Waals surface area (Å²) in [6.45, 7) is 4.49. The molecule has 0 aliphatic heterocycles. The molecule has 1 amide bonds. The Morgan fingerprint density at radius 2 is 1.68 bits per heavy atom. The Bertz CT molecular complexity index is 1630. The van der Waals surface area contributed by atoms with Gasteiger partial charge in [0.1, 0.15) is 11.6 Å². The van der Waals surface area contributed by atoms with Crippen molar-refractivity contribution in [2.75, 3.05) is 6.54 Å². The third-order valence-electron chi connectivity index (χ3n) is 6.72. The molecule has 5 aromatic rings. The molecule has 0 unspecified atom stereocenters. The largest absolute Gasteiger partial charge is 0.361 e. The molecule has 5 nitrogen and oxygen atoms in total. The Kier molecular flexibility index (Phi) is 6.74. The summed E-state index contributed by atoms with van der Waals surface area (Å²) in [6.07, 6.45) is 4.33. The minimum absolute atomic E-state index is 0.0959. The van der Waals surface area contributed by atoms with Crippen LogP contribution in [-0.4, -0.2) is 22.0 Å². The zero-order chi connectivity index (χ0) is 25.8. The number of nitrogens with zero attached hydrogens (tertiary/aromatic N) is 2. The van der Waals surface area contributed by atoms with Crippen LogP contribution in [0.3, 0.4) is 0 Å². The number of carbonyl (C=O) groups is 1. The lowest BCUT2D eigenvalue weighted by atomic mass is 10.1. The Balaban J connectivity index is 1.31. The van der Waals surface area contributed by atoms with E-state index in [-0.39, 0.29) is 11.5 Å². The summed E-state index contributed by atoms with van der Waals surface area (Å²) in [4.78, 5) is 16.1. The first-order valence-electron chi connectivity index (χ1n) is 12.3. The van der Waals surface area contributed by atoms with Crippen LogP contribution >= 0.6 is 0 Å². The number of hydrogen-bond acceptors (Lipinski definition) is 2. The summed E-state index contributed by atoms with van der Waals surface area (Å²) in [5.74, 6) is -0.362. The molecule has 0 saturated heterocycles. The molecule has 0 spiro atoms. The molecule has 5 rings (SSSR count). The zero-order valence-electron chi connectivity index (χ0n) is 21.0. The minimum Gasteiger partial charge on any atom is -0.361 e. The molecule has 5 heteroatoms. The molecule has 2 aromatic heterocycles. The molecule has 0 aliphatic carbocycles. The number of rotatable bonds is 7. The maximum atomic E-state index is 12.8. The number of aryl methyl sites for hydroxylation is 1. The van der Waals surface area contributed by atoms with Gasteiger partial charge in [0.25, 0.3) is 5.91 Å². The highest BCUT2D eigenvalue weighted by atomic mass is 16.1. The number of H-pyrrole nitrogens is 1. The van der Waals surface area contributed by atoms with Gasteiger partial charge >= 0.3 is 0 Å². The molecule has 2 N–H and O–H groups in total. The molecule has 0 radical (unpaired) electrons. The van der Waals surface area contributed by atoms with Gasteiger partial charge in [-0.05, 0) is 72.9 Å². The van der Waals surface area contributed by atoms with Crippen molar-refractivity contribution in [1.29, 1.82) is 5.26 Å². The van der Waals surface area contributed by atoms with Crippen molar-refractivity contribution in [1.82, 2.24) is 14.9 Å². The lowest BCUT2D eigenvalue weighted by Gasteiger charge is -2.11. The normalized spacial score (nSPS) is 11.4. The number of para-hydroxylation sites is 1. The number of nitriles is 1. The molecular formula is C32H28N4O. The van der Waals surface area contributed by atoms with Crippen molar-refractivity contribution < 1.29 is 4.79 Å². The van der Waals surface area contributed by atoms with E-state index in [1.807, 2.05) is 62.5 Å². The van der Waals surface area contributed by atoms with E-state index in [1.165, 1.54) is 5.56 Å². The first-order chi connectivity index (χ1) is 18.0. The summed E-state index contributed by atoms with van der Waals surface area (Å²) >= 11 is 0. The quantitative estimate of drug-likeness (QED) is 0.204. The van der Waals surface area contributed by atoms with E-state index in [2.05, 4.69) is 63.4 Å². The number of fused-ring (bicyclic) bond motifs is 1. The summed E-state index contributed by atoms with van der Waals surface area (Å²) in [7, 11) is 0. The third-order valence-corrected chi connectivity index (χ3v) is 6.72. The molecule has 3 aromatic carbocycles. The molecule has 0 bridgehead atoms. The lowest BCUT2D eigenvalue weighted by Crippen LogP contribution is -2.26. The van der Waals surface area contributed by atoms with Gasteiger partial charge in [-0.1, -0.05) is 60.7 Å². The molecule has 0 aliphatic rings. The number of nitrogens with one attached hydrogen (secondary N) is 2. The second-order valence-electron chi connectivity index (χ2n) is 9.11. The summed E-state index contributed by atoms with van der Waals surface area (Å²) in [5.41, 5.74) is 8.54. The van der Waals surface area contributed by atoms with Crippen LogP contribution in [0.5, 0.6) is 0 Å². The van der Waals surface area contributed by atoms with Crippen LogP contribution in [0.25, 0.3) is 33.8 Å². The van der Waals surface area contributed by atoms with E-state index in [4.69, 9.17) is 0 Å². The highest BCUT2D eigenvalue weighted by Gasteiger charge is 2.14. The highest BCUT2D eigenvalue weighted by Crippen LogP contribution is 2.26. The predicted molar refractivity (Wildman–Crippen MR) is 149 cm³/mol. The molecule has 2 heterocycles. The van der Waals surface area contributed by atoms with Crippen LogP contribution in [0.2, 0.25) is 0 Å². The minimum atomic E-state index is -0.362. The second kappa shape index (κ2) is 10.4. The van der Waals surface area contributed by atoms with E-state index in [0.717, 1.165) is 44.7 Å². The Labute approximate surface area is 216 Å². The van der Waals surface area contributed by atoms with Crippen LogP contribution < -0.4 is 5.32 Å². The standard InChI is InChI=1S/C32H28N4O/c1-22-18-27(23(2)36(22)29-14-12-25(13-15-29)24-8-4-3-5-9-24)19-28(20-33)32(37)34-17-16-26-21-35-31-11-7-6-10-30(26)31/h3-15,18-19,21,35H,16-17H2,1-2H3,(H,34,37)/b28-19+. The summed E-state index contributed by atoms with van der Waals surface area (Å²) < 4.78 is 2.14. The van der Waals surface area contributed by atoms with Gasteiger partial charge in [-0.2, -0.15) is 5.26 Å². The third kappa shape index (κ3) is 4.96. The van der Waals surface area contributed by atoms with Crippen molar-refractivity contribution in [3.8, 4) is 22.9 Å². The van der Waals surface area contributed by atoms with E-state index < -0.39 is 0 Å².